The predicted octanol–water partition coefficient (Wildman–Crippen LogP) is 9.48. The Bertz CT molecular complexity index is 1640. The summed E-state index contributed by atoms with van der Waals surface area (Å²) in [6, 6.07) is 13.4. The number of unbranched alkanes of at least 4 members (excludes halogenated alkanes) is 2. The maximum atomic E-state index is 12.4. The highest BCUT2D eigenvalue weighted by Gasteiger charge is 2.41. The molecule has 0 unspecified atom stereocenters. The van der Waals surface area contributed by atoms with Crippen molar-refractivity contribution in [1.29, 1.82) is 0 Å². The van der Waals surface area contributed by atoms with E-state index in [1.54, 1.807) is 37.6 Å². The molecule has 12 heteroatoms. The number of nitrogens with zero attached hydrogens (tertiary/aromatic N) is 2. The standard InChI is InChI=1S/C43H62N2O9Si/c1-8-48-39(46)21-13-10-12-18-34-31-52-40(53-41(34)35-19-15-16-20-36(35)54-55(6,7)43(3,4)5)22-14-11-17-28-50-38-30-33(42(47)49-9-2)23-24-37(38)51-29-27-45-26-25-44-32-45/h10,12,15-16,19-20,23-26,30,32,34,40-41H,8-9,11,13-14,17-18,21-22,27-29,31H2,1-7H3/b12-10-/t34-,40+,41+/m1/s1. The molecular weight excluding hydrogens is 717 g/mol. The van der Waals surface area contributed by atoms with E-state index in [9.17, 15) is 9.59 Å². The number of aromatic nitrogens is 2. The minimum Gasteiger partial charge on any atom is -0.543 e. The van der Waals surface area contributed by atoms with Gasteiger partial charge >= 0.3 is 11.9 Å². The molecule has 0 bridgehead atoms. The summed E-state index contributed by atoms with van der Waals surface area (Å²) in [5.41, 5.74) is 1.47. The second-order valence-electron chi connectivity index (χ2n) is 15.3. The summed E-state index contributed by atoms with van der Waals surface area (Å²) in [5.74, 6) is 1.46. The number of ether oxygens (including phenoxy) is 6. The van der Waals surface area contributed by atoms with Crippen LogP contribution in [0.4, 0.5) is 0 Å². The molecule has 1 aliphatic rings. The summed E-state index contributed by atoms with van der Waals surface area (Å²) in [4.78, 5) is 28.3. The number of hydrogen-bond donors (Lipinski definition) is 0. The van der Waals surface area contributed by atoms with Crippen LogP contribution in [0.25, 0.3) is 0 Å². The third-order valence-electron chi connectivity index (χ3n) is 10.0. The molecule has 1 fully saturated rings. The molecule has 3 atom stereocenters. The average molecular weight is 779 g/mol. The highest BCUT2D eigenvalue weighted by molar-refractivity contribution is 6.74. The lowest BCUT2D eigenvalue weighted by Gasteiger charge is -2.40. The summed E-state index contributed by atoms with van der Waals surface area (Å²) >= 11 is 0. The molecule has 0 saturated carbocycles. The number of hydrogen-bond acceptors (Lipinski definition) is 10. The van der Waals surface area contributed by atoms with E-state index < -0.39 is 14.3 Å². The molecule has 0 amide bonds. The zero-order chi connectivity index (χ0) is 39.7. The minimum atomic E-state index is -2.12. The third-order valence-corrected chi connectivity index (χ3v) is 14.4. The number of imidazole rings is 1. The number of rotatable bonds is 22. The van der Waals surface area contributed by atoms with Crippen LogP contribution >= 0.6 is 0 Å². The van der Waals surface area contributed by atoms with E-state index in [-0.39, 0.29) is 29.3 Å². The van der Waals surface area contributed by atoms with Gasteiger partial charge in [-0.05, 0) is 94.8 Å². The van der Waals surface area contributed by atoms with Gasteiger partial charge in [0.1, 0.15) is 12.4 Å². The summed E-state index contributed by atoms with van der Waals surface area (Å²) < 4.78 is 44.4. The van der Waals surface area contributed by atoms with Crippen LogP contribution in [0.15, 0.2) is 73.3 Å². The first-order valence-electron chi connectivity index (χ1n) is 19.8. The van der Waals surface area contributed by atoms with Gasteiger partial charge in [-0.25, -0.2) is 9.78 Å². The molecule has 55 heavy (non-hydrogen) atoms. The van der Waals surface area contributed by atoms with Gasteiger partial charge < -0.3 is 37.4 Å². The highest BCUT2D eigenvalue weighted by Crippen LogP contribution is 2.43. The SMILES string of the molecule is CCOC(=O)CC/C=C\C[C@@H]1CO[C@H](CCCCCOc2cc(C(=O)OCC)ccc2OCCn2ccnc2)O[C@@H]1c1ccccc1O[Si](C)(C)C(C)(C)C. The molecule has 302 valence electrons. The summed E-state index contributed by atoms with van der Waals surface area (Å²) in [6.45, 7) is 17.6. The van der Waals surface area contributed by atoms with Crippen LogP contribution in [0.3, 0.4) is 0 Å². The lowest BCUT2D eigenvalue weighted by Crippen LogP contribution is -2.44. The molecule has 4 rings (SSSR count). The van der Waals surface area contributed by atoms with Crippen molar-refractivity contribution in [1.82, 2.24) is 9.55 Å². The number of carbonyl (C=O) groups excluding carboxylic acids is 2. The van der Waals surface area contributed by atoms with Crippen LogP contribution in [0.2, 0.25) is 18.1 Å². The number of allylic oxidation sites excluding steroid dienone is 2. The normalized spacial score (nSPS) is 17.5. The summed E-state index contributed by atoms with van der Waals surface area (Å²) in [6.07, 6.45) is 14.0. The van der Waals surface area contributed by atoms with Gasteiger partial charge in [0.05, 0.1) is 51.0 Å². The third kappa shape index (κ3) is 13.8. The monoisotopic (exact) mass is 778 g/mol. The zero-order valence-electron chi connectivity index (χ0n) is 33.9. The van der Waals surface area contributed by atoms with E-state index in [2.05, 4.69) is 57.1 Å². The van der Waals surface area contributed by atoms with Crippen molar-refractivity contribution in [3.8, 4) is 17.2 Å². The van der Waals surface area contributed by atoms with Crippen molar-refractivity contribution < 1.29 is 42.4 Å². The molecule has 0 aliphatic carbocycles. The highest BCUT2D eigenvalue weighted by atomic mass is 28.4. The van der Waals surface area contributed by atoms with E-state index in [0.717, 1.165) is 43.4 Å². The van der Waals surface area contributed by atoms with Crippen molar-refractivity contribution in [2.75, 3.05) is 33.0 Å². The Morgan fingerprint density at radius 2 is 1.73 bits per heavy atom. The Morgan fingerprint density at radius 3 is 2.47 bits per heavy atom. The van der Waals surface area contributed by atoms with Crippen LogP contribution in [-0.4, -0.2) is 69.1 Å². The first-order valence-corrected chi connectivity index (χ1v) is 22.7. The van der Waals surface area contributed by atoms with Crippen molar-refractivity contribution in [3.05, 3.63) is 84.5 Å². The van der Waals surface area contributed by atoms with E-state index in [1.807, 2.05) is 35.9 Å². The Labute approximate surface area is 328 Å². The first-order chi connectivity index (χ1) is 26.4. The van der Waals surface area contributed by atoms with Gasteiger partial charge in [0, 0.05) is 30.3 Å². The van der Waals surface area contributed by atoms with Crippen LogP contribution in [0, 0.1) is 5.92 Å². The second kappa shape index (κ2) is 21.8. The lowest BCUT2D eigenvalue weighted by molar-refractivity contribution is -0.241. The van der Waals surface area contributed by atoms with Gasteiger partial charge in [-0.3, -0.25) is 4.79 Å². The van der Waals surface area contributed by atoms with Crippen LogP contribution < -0.4 is 13.9 Å². The molecule has 0 spiro atoms. The smallest absolute Gasteiger partial charge is 0.338 e. The average Bonchev–Trinajstić information content (AvgIpc) is 3.67. The topological polar surface area (TPSA) is 117 Å². The van der Waals surface area contributed by atoms with E-state index >= 15 is 0 Å². The Morgan fingerprint density at radius 1 is 0.945 bits per heavy atom. The fraction of sp³-hybridized carbons (Fsp3) is 0.558. The van der Waals surface area contributed by atoms with Crippen molar-refractivity contribution in [2.45, 2.75) is 117 Å². The summed E-state index contributed by atoms with van der Waals surface area (Å²) in [5, 5.41) is 0.0448. The van der Waals surface area contributed by atoms with Gasteiger partial charge in [0.2, 0.25) is 8.32 Å². The molecule has 3 aromatic rings. The van der Waals surface area contributed by atoms with Crippen LogP contribution in [0.5, 0.6) is 17.2 Å². The van der Waals surface area contributed by atoms with E-state index in [4.69, 9.17) is 32.8 Å². The van der Waals surface area contributed by atoms with Crippen LogP contribution in [-0.2, 0) is 30.3 Å². The fourth-order valence-corrected chi connectivity index (χ4v) is 6.94. The predicted molar refractivity (Wildman–Crippen MR) is 215 cm³/mol. The molecule has 11 nitrogen and oxygen atoms in total. The van der Waals surface area contributed by atoms with Gasteiger partial charge in [0.25, 0.3) is 0 Å². The Hall–Kier alpha value is -4.13. The van der Waals surface area contributed by atoms with E-state index in [1.165, 1.54) is 0 Å². The van der Waals surface area contributed by atoms with Crippen molar-refractivity contribution >= 4 is 20.3 Å². The molecule has 0 radical (unpaired) electrons. The number of carbonyl (C=O) groups is 2. The second-order valence-corrected chi connectivity index (χ2v) is 20.0. The molecule has 2 aromatic carbocycles. The van der Waals surface area contributed by atoms with Gasteiger partial charge in [-0.2, -0.15) is 0 Å². The molecule has 2 heterocycles. The van der Waals surface area contributed by atoms with Crippen molar-refractivity contribution in [2.24, 2.45) is 5.92 Å². The molecule has 1 aliphatic heterocycles. The quantitative estimate of drug-likeness (QED) is 0.0423. The minimum absolute atomic E-state index is 0.0448. The van der Waals surface area contributed by atoms with Gasteiger partial charge in [-0.15, -0.1) is 0 Å². The molecular formula is C43H62N2O9Si. The largest absolute Gasteiger partial charge is 0.543 e. The van der Waals surface area contributed by atoms with E-state index in [0.29, 0.717) is 69.5 Å². The fourth-order valence-electron chi connectivity index (χ4n) is 5.90. The molecule has 1 saturated heterocycles. The van der Waals surface area contributed by atoms with Crippen LogP contribution in [0.1, 0.15) is 102 Å². The molecule has 1 aromatic heterocycles. The number of benzene rings is 2. The maximum Gasteiger partial charge on any atom is 0.338 e. The molecule has 0 N–H and O–H groups in total. The zero-order valence-corrected chi connectivity index (χ0v) is 34.9. The maximum absolute atomic E-state index is 12.4. The Kier molecular flexibility index (Phi) is 17.3. The Balaban J connectivity index is 1.35. The van der Waals surface area contributed by atoms with Gasteiger partial charge in [-0.1, -0.05) is 51.1 Å². The number of esters is 2. The van der Waals surface area contributed by atoms with Crippen molar-refractivity contribution in [3.63, 3.8) is 0 Å². The van der Waals surface area contributed by atoms with Gasteiger partial charge in [0.15, 0.2) is 17.8 Å². The first kappa shape index (κ1) is 43.6. The number of para-hydroxylation sites is 1. The lowest BCUT2D eigenvalue weighted by atomic mass is 9.91. The summed E-state index contributed by atoms with van der Waals surface area (Å²) in [7, 11) is -2.12.